The molecule has 4 rings (SSSR count). The Morgan fingerprint density at radius 1 is 1.10 bits per heavy atom. The van der Waals surface area contributed by atoms with Crippen LogP contribution in [0.4, 0.5) is 0 Å². The van der Waals surface area contributed by atoms with Gasteiger partial charge in [-0.3, -0.25) is 0 Å². The first-order valence-corrected chi connectivity index (χ1v) is 7.78. The van der Waals surface area contributed by atoms with Crippen LogP contribution in [0.2, 0.25) is 0 Å². The Bertz CT molecular complexity index is 874. The van der Waals surface area contributed by atoms with Gasteiger partial charge in [-0.15, -0.1) is 22.7 Å². The molecule has 0 radical (unpaired) electrons. The minimum atomic E-state index is 0.239. The van der Waals surface area contributed by atoms with E-state index in [0.717, 1.165) is 32.3 Å². The summed E-state index contributed by atoms with van der Waals surface area (Å²) < 4.78 is 5.78. The van der Waals surface area contributed by atoms with Gasteiger partial charge in [0.1, 0.15) is 11.3 Å². The fraction of sp³-hybridized carbons (Fsp3) is 0. The van der Waals surface area contributed by atoms with E-state index in [9.17, 15) is 5.11 Å². The smallest absolute Gasteiger partial charge is 0.164 e. The summed E-state index contributed by atoms with van der Waals surface area (Å²) in [6, 6.07) is 11.1. The highest BCUT2D eigenvalue weighted by molar-refractivity contribution is 7.15. The van der Waals surface area contributed by atoms with Crippen molar-refractivity contribution in [3.63, 3.8) is 0 Å². The van der Waals surface area contributed by atoms with Gasteiger partial charge in [0.15, 0.2) is 10.8 Å². The number of fused-ring (bicyclic) bond motifs is 1. The number of thiophene rings is 1. The summed E-state index contributed by atoms with van der Waals surface area (Å²) in [6.07, 6.45) is 0. The number of hydrogen-bond donors (Lipinski definition) is 1. The highest BCUT2D eigenvalue weighted by atomic mass is 32.1. The van der Waals surface area contributed by atoms with Crippen LogP contribution in [-0.2, 0) is 0 Å². The maximum Gasteiger partial charge on any atom is 0.164 e. The molecule has 0 saturated heterocycles. The number of aromatic hydroxyl groups is 1. The Hall–Kier alpha value is -2.11. The fourth-order valence-electron chi connectivity index (χ4n) is 2.06. The minimum Gasteiger partial charge on any atom is -0.508 e. The lowest BCUT2D eigenvalue weighted by atomic mass is 10.2. The normalized spacial score (nSPS) is 11.2. The number of thiazole rings is 1. The monoisotopic (exact) mass is 299 g/mol. The van der Waals surface area contributed by atoms with Gasteiger partial charge < -0.3 is 9.52 Å². The van der Waals surface area contributed by atoms with Crippen molar-refractivity contribution in [2.75, 3.05) is 0 Å². The Labute approximate surface area is 122 Å². The third-order valence-corrected chi connectivity index (χ3v) is 4.74. The number of aromatic nitrogens is 1. The van der Waals surface area contributed by atoms with Crippen molar-refractivity contribution in [3.05, 3.63) is 47.2 Å². The summed E-state index contributed by atoms with van der Waals surface area (Å²) in [5, 5.41) is 15.3. The van der Waals surface area contributed by atoms with Crippen molar-refractivity contribution < 1.29 is 9.52 Å². The zero-order valence-corrected chi connectivity index (χ0v) is 11.9. The second-order valence-corrected chi connectivity index (χ2v) is 6.15. The van der Waals surface area contributed by atoms with Gasteiger partial charge >= 0.3 is 0 Å². The Kier molecular flexibility index (Phi) is 2.61. The van der Waals surface area contributed by atoms with E-state index < -0.39 is 0 Å². The highest BCUT2D eigenvalue weighted by Crippen LogP contribution is 2.34. The predicted molar refractivity (Wildman–Crippen MR) is 82.3 cm³/mol. The SMILES string of the molecule is Oc1ccc2oc(-c3nc(-c4cccs4)cs3)cc2c1. The van der Waals surface area contributed by atoms with Crippen molar-refractivity contribution in [2.24, 2.45) is 0 Å². The van der Waals surface area contributed by atoms with Crippen LogP contribution in [-0.4, -0.2) is 10.1 Å². The zero-order valence-electron chi connectivity index (χ0n) is 10.2. The van der Waals surface area contributed by atoms with Gasteiger partial charge in [0.05, 0.1) is 10.6 Å². The van der Waals surface area contributed by atoms with Crippen molar-refractivity contribution >= 4 is 33.6 Å². The van der Waals surface area contributed by atoms with Gasteiger partial charge in [-0.2, -0.15) is 0 Å². The number of phenolic OH excluding ortho intramolecular Hbond substituents is 1. The Morgan fingerprint density at radius 3 is 2.90 bits per heavy atom. The van der Waals surface area contributed by atoms with Crippen molar-refractivity contribution in [2.45, 2.75) is 0 Å². The molecule has 0 aliphatic rings. The molecule has 3 nitrogen and oxygen atoms in total. The highest BCUT2D eigenvalue weighted by Gasteiger charge is 2.12. The van der Waals surface area contributed by atoms with Gasteiger partial charge in [-0.25, -0.2) is 4.98 Å². The molecule has 20 heavy (non-hydrogen) atoms. The van der Waals surface area contributed by atoms with E-state index in [2.05, 4.69) is 11.1 Å². The molecule has 4 aromatic rings. The van der Waals surface area contributed by atoms with E-state index in [1.807, 2.05) is 22.9 Å². The first kappa shape index (κ1) is 11.7. The van der Waals surface area contributed by atoms with E-state index in [1.54, 1.807) is 40.9 Å². The molecule has 98 valence electrons. The molecule has 0 atom stereocenters. The predicted octanol–water partition coefficient (Wildman–Crippen LogP) is 4.99. The molecule has 1 aromatic carbocycles. The number of furan rings is 1. The lowest BCUT2D eigenvalue weighted by Gasteiger charge is -1.89. The second-order valence-electron chi connectivity index (χ2n) is 4.35. The summed E-state index contributed by atoms with van der Waals surface area (Å²) >= 11 is 3.23. The third-order valence-electron chi connectivity index (χ3n) is 2.99. The van der Waals surface area contributed by atoms with Crippen LogP contribution in [0, 0.1) is 0 Å². The molecule has 5 heteroatoms. The largest absolute Gasteiger partial charge is 0.508 e. The lowest BCUT2D eigenvalue weighted by molar-refractivity contribution is 0.476. The van der Waals surface area contributed by atoms with Crippen LogP contribution < -0.4 is 0 Å². The fourth-order valence-corrected chi connectivity index (χ4v) is 3.59. The molecule has 1 N–H and O–H groups in total. The van der Waals surface area contributed by atoms with Crippen LogP contribution in [0.15, 0.2) is 51.6 Å². The van der Waals surface area contributed by atoms with Gasteiger partial charge in [-0.1, -0.05) is 6.07 Å². The second kappa shape index (κ2) is 4.47. The Morgan fingerprint density at radius 2 is 2.05 bits per heavy atom. The van der Waals surface area contributed by atoms with Gasteiger partial charge in [-0.05, 0) is 35.7 Å². The summed E-state index contributed by atoms with van der Waals surface area (Å²) in [6.45, 7) is 0. The van der Waals surface area contributed by atoms with Gasteiger partial charge in [0, 0.05) is 10.8 Å². The van der Waals surface area contributed by atoms with E-state index in [-0.39, 0.29) is 5.75 Å². The van der Waals surface area contributed by atoms with Crippen molar-refractivity contribution in [1.29, 1.82) is 0 Å². The summed E-state index contributed by atoms with van der Waals surface area (Å²) in [5.74, 6) is 0.974. The molecular formula is C15H9NO2S2. The molecule has 0 amide bonds. The lowest BCUT2D eigenvalue weighted by Crippen LogP contribution is -1.73. The van der Waals surface area contributed by atoms with Crippen molar-refractivity contribution in [1.82, 2.24) is 4.98 Å². The zero-order chi connectivity index (χ0) is 13.5. The first-order valence-electron chi connectivity index (χ1n) is 6.02. The minimum absolute atomic E-state index is 0.239. The summed E-state index contributed by atoms with van der Waals surface area (Å²) in [4.78, 5) is 5.77. The Balaban J connectivity index is 1.79. The number of hydrogen-bond acceptors (Lipinski definition) is 5. The van der Waals surface area contributed by atoms with Crippen LogP contribution in [0.3, 0.4) is 0 Å². The van der Waals surface area contributed by atoms with Crippen LogP contribution in [0.1, 0.15) is 0 Å². The van der Waals surface area contributed by atoms with E-state index in [1.165, 1.54) is 0 Å². The maximum atomic E-state index is 9.49. The molecule has 0 saturated carbocycles. The molecule has 0 fully saturated rings. The first-order chi connectivity index (χ1) is 9.79. The molecule has 0 aliphatic carbocycles. The van der Waals surface area contributed by atoms with Gasteiger partial charge in [0.2, 0.25) is 0 Å². The molecule has 0 aliphatic heterocycles. The standard InChI is InChI=1S/C15H9NO2S2/c17-10-3-4-12-9(6-10)7-13(18-12)15-16-11(8-20-15)14-2-1-5-19-14/h1-8,17H. The number of phenols is 1. The third kappa shape index (κ3) is 1.92. The average Bonchev–Trinajstić information content (AvgIpc) is 3.17. The van der Waals surface area contributed by atoms with Crippen LogP contribution in [0.5, 0.6) is 5.75 Å². The number of benzene rings is 1. The summed E-state index contributed by atoms with van der Waals surface area (Å²) in [7, 11) is 0. The summed E-state index contributed by atoms with van der Waals surface area (Å²) in [5.41, 5.74) is 1.73. The average molecular weight is 299 g/mol. The van der Waals surface area contributed by atoms with E-state index in [0.29, 0.717) is 0 Å². The molecule has 0 spiro atoms. The van der Waals surface area contributed by atoms with Crippen LogP contribution in [0.25, 0.3) is 32.3 Å². The van der Waals surface area contributed by atoms with Crippen LogP contribution >= 0.6 is 22.7 Å². The molecule has 0 bridgehead atoms. The maximum absolute atomic E-state index is 9.49. The van der Waals surface area contributed by atoms with E-state index >= 15 is 0 Å². The number of rotatable bonds is 2. The number of nitrogens with zero attached hydrogens (tertiary/aromatic N) is 1. The molecular weight excluding hydrogens is 290 g/mol. The molecule has 3 heterocycles. The molecule has 0 unspecified atom stereocenters. The van der Waals surface area contributed by atoms with E-state index in [4.69, 9.17) is 4.42 Å². The quantitative estimate of drug-likeness (QED) is 0.567. The van der Waals surface area contributed by atoms with Crippen molar-refractivity contribution in [3.8, 4) is 27.1 Å². The molecule has 3 aromatic heterocycles. The topological polar surface area (TPSA) is 46.3 Å². The van der Waals surface area contributed by atoms with Gasteiger partial charge in [0.25, 0.3) is 0 Å².